The van der Waals surface area contributed by atoms with E-state index in [1.54, 1.807) is 18.2 Å². The van der Waals surface area contributed by atoms with Crippen molar-refractivity contribution in [3.05, 3.63) is 35.5 Å². The van der Waals surface area contributed by atoms with Crippen molar-refractivity contribution >= 4 is 11.8 Å². The van der Waals surface area contributed by atoms with Gasteiger partial charge in [0.25, 0.3) is 0 Å². The molecule has 0 unspecified atom stereocenters. The van der Waals surface area contributed by atoms with E-state index in [2.05, 4.69) is 10.4 Å². The Balaban J connectivity index is 2.02. The summed E-state index contributed by atoms with van der Waals surface area (Å²) in [6.45, 7) is 0. The number of hydrogen-bond donors (Lipinski definition) is 2. The van der Waals surface area contributed by atoms with Crippen molar-refractivity contribution in [1.82, 2.24) is 9.78 Å². The summed E-state index contributed by atoms with van der Waals surface area (Å²) in [6.07, 6.45) is -4.92. The third kappa shape index (κ3) is 3.14. The SMILES string of the molecule is COc1ccc([C@H]2C[C@H](C(F)(F)F)n3nc(C(=O)O)cc3N2)cc1OC. The Morgan fingerprint density at radius 3 is 2.54 bits per heavy atom. The topological polar surface area (TPSA) is 85.6 Å². The first kappa shape index (κ1) is 17.9. The molecule has 26 heavy (non-hydrogen) atoms. The highest BCUT2D eigenvalue weighted by Gasteiger charge is 2.46. The summed E-state index contributed by atoms with van der Waals surface area (Å²) in [5.74, 6) is -0.550. The van der Waals surface area contributed by atoms with Gasteiger partial charge in [-0.2, -0.15) is 18.3 Å². The van der Waals surface area contributed by atoms with Crippen molar-refractivity contribution in [2.45, 2.75) is 24.7 Å². The first-order valence-electron chi connectivity index (χ1n) is 7.62. The normalized spacial score (nSPS) is 19.4. The summed E-state index contributed by atoms with van der Waals surface area (Å²) in [5.41, 5.74) is 0.107. The van der Waals surface area contributed by atoms with Gasteiger partial charge in [0.05, 0.1) is 20.3 Å². The zero-order valence-corrected chi connectivity index (χ0v) is 13.9. The number of carboxylic acids is 1. The largest absolute Gasteiger partial charge is 0.493 e. The quantitative estimate of drug-likeness (QED) is 0.858. The van der Waals surface area contributed by atoms with Gasteiger partial charge in [-0.15, -0.1) is 0 Å². The van der Waals surface area contributed by atoms with Crippen LogP contribution in [0.2, 0.25) is 0 Å². The number of halogens is 3. The second kappa shape index (κ2) is 6.43. The molecule has 0 saturated heterocycles. The molecule has 0 amide bonds. The molecule has 2 N–H and O–H groups in total. The van der Waals surface area contributed by atoms with E-state index in [1.165, 1.54) is 14.2 Å². The highest BCUT2D eigenvalue weighted by molar-refractivity contribution is 5.86. The maximum atomic E-state index is 13.5. The number of ether oxygens (including phenoxy) is 2. The van der Waals surface area contributed by atoms with Gasteiger partial charge >= 0.3 is 12.1 Å². The number of nitrogens with zero attached hydrogens (tertiary/aromatic N) is 2. The maximum absolute atomic E-state index is 13.5. The molecule has 2 atom stereocenters. The molecule has 1 aromatic heterocycles. The summed E-state index contributed by atoms with van der Waals surface area (Å²) < 4.78 is 51.5. The van der Waals surface area contributed by atoms with Crippen molar-refractivity contribution in [1.29, 1.82) is 0 Å². The van der Waals surface area contributed by atoms with Crippen LogP contribution >= 0.6 is 0 Å². The van der Waals surface area contributed by atoms with Crippen molar-refractivity contribution in [2.75, 3.05) is 19.5 Å². The lowest BCUT2D eigenvalue weighted by Gasteiger charge is -2.33. The Morgan fingerprint density at radius 2 is 1.96 bits per heavy atom. The molecule has 1 aliphatic rings. The molecule has 2 aromatic rings. The predicted octanol–water partition coefficient (Wildman–Crippen LogP) is 3.26. The zero-order valence-electron chi connectivity index (χ0n) is 13.9. The smallest absolute Gasteiger partial charge is 0.410 e. The monoisotopic (exact) mass is 371 g/mol. The van der Waals surface area contributed by atoms with Crippen molar-refractivity contribution in [3.63, 3.8) is 0 Å². The molecule has 7 nitrogen and oxygen atoms in total. The van der Waals surface area contributed by atoms with Gasteiger partial charge in [-0.05, 0) is 17.7 Å². The van der Waals surface area contributed by atoms with Crippen LogP contribution in [0, 0.1) is 0 Å². The number of hydrogen-bond acceptors (Lipinski definition) is 5. The molecular formula is C16H16F3N3O4. The Bertz CT molecular complexity index is 835. The van der Waals surface area contributed by atoms with Crippen molar-refractivity contribution in [3.8, 4) is 11.5 Å². The molecule has 0 saturated carbocycles. The highest BCUT2D eigenvalue weighted by atomic mass is 19.4. The van der Waals surface area contributed by atoms with Gasteiger partial charge in [-0.25, -0.2) is 9.48 Å². The molecule has 140 valence electrons. The lowest BCUT2D eigenvalue weighted by atomic mass is 9.96. The van der Waals surface area contributed by atoms with Crippen molar-refractivity contribution in [2.24, 2.45) is 0 Å². The fourth-order valence-corrected chi connectivity index (χ4v) is 2.97. The van der Waals surface area contributed by atoms with Crippen LogP contribution in [0.5, 0.6) is 11.5 Å². The lowest BCUT2D eigenvalue weighted by molar-refractivity contribution is -0.173. The number of fused-ring (bicyclic) bond motifs is 1. The molecule has 10 heteroatoms. The molecule has 1 aromatic carbocycles. The second-order valence-corrected chi connectivity index (χ2v) is 5.77. The molecule has 0 radical (unpaired) electrons. The number of rotatable bonds is 4. The van der Waals surface area contributed by atoms with Gasteiger partial charge in [-0.1, -0.05) is 6.07 Å². The minimum absolute atomic E-state index is 0.00393. The van der Waals surface area contributed by atoms with Gasteiger partial charge in [0.15, 0.2) is 23.2 Å². The number of aromatic nitrogens is 2. The van der Waals surface area contributed by atoms with Crippen LogP contribution in [-0.2, 0) is 0 Å². The number of aromatic carboxylic acids is 1. The first-order valence-corrected chi connectivity index (χ1v) is 7.62. The van der Waals surface area contributed by atoms with Gasteiger partial charge < -0.3 is 19.9 Å². The van der Waals surface area contributed by atoms with Crippen LogP contribution < -0.4 is 14.8 Å². The van der Waals surface area contributed by atoms with E-state index in [0.717, 1.165) is 6.07 Å². The molecule has 0 spiro atoms. The minimum Gasteiger partial charge on any atom is -0.493 e. The van der Waals surface area contributed by atoms with Crippen LogP contribution in [-0.4, -0.2) is 41.3 Å². The average molecular weight is 371 g/mol. The molecule has 3 rings (SSSR count). The Labute approximate surface area is 146 Å². The third-order valence-corrected chi connectivity index (χ3v) is 4.22. The summed E-state index contributed by atoms with van der Waals surface area (Å²) >= 11 is 0. The standard InChI is InChI=1S/C16H16F3N3O4/c1-25-11-4-3-8(5-12(11)26-2)9-6-13(16(17,18)19)22-14(20-9)7-10(21-22)15(23)24/h3-5,7,9,13,20H,6H2,1-2H3,(H,23,24)/t9-,13-/m1/s1. The third-order valence-electron chi connectivity index (χ3n) is 4.22. The molecular weight excluding hydrogens is 355 g/mol. The van der Waals surface area contributed by atoms with E-state index >= 15 is 0 Å². The lowest BCUT2D eigenvalue weighted by Crippen LogP contribution is -2.35. The molecule has 0 bridgehead atoms. The Hall–Kier alpha value is -2.91. The van der Waals surface area contributed by atoms with E-state index in [9.17, 15) is 18.0 Å². The Kier molecular flexibility index (Phi) is 4.43. The van der Waals surface area contributed by atoms with E-state index in [0.29, 0.717) is 21.7 Å². The van der Waals surface area contributed by atoms with Crippen LogP contribution in [0.4, 0.5) is 19.0 Å². The predicted molar refractivity (Wildman–Crippen MR) is 84.8 cm³/mol. The van der Waals surface area contributed by atoms with Crippen molar-refractivity contribution < 1.29 is 32.5 Å². The fourth-order valence-electron chi connectivity index (χ4n) is 2.97. The van der Waals surface area contributed by atoms with E-state index in [-0.39, 0.29) is 12.2 Å². The number of anilines is 1. The van der Waals surface area contributed by atoms with Gasteiger partial charge in [0, 0.05) is 12.5 Å². The second-order valence-electron chi connectivity index (χ2n) is 5.77. The molecule has 0 fully saturated rings. The number of benzene rings is 1. The Morgan fingerprint density at radius 1 is 1.27 bits per heavy atom. The minimum atomic E-state index is -4.58. The highest BCUT2D eigenvalue weighted by Crippen LogP contribution is 2.44. The van der Waals surface area contributed by atoms with E-state index in [1.807, 2.05) is 0 Å². The first-order chi connectivity index (χ1) is 12.2. The fraction of sp³-hybridized carbons (Fsp3) is 0.375. The average Bonchev–Trinajstić information content (AvgIpc) is 3.03. The summed E-state index contributed by atoms with van der Waals surface area (Å²) in [5, 5.41) is 15.5. The van der Waals surface area contributed by atoms with E-state index in [4.69, 9.17) is 14.6 Å². The number of carbonyl (C=O) groups is 1. The van der Waals surface area contributed by atoms with Crippen LogP contribution in [0.1, 0.15) is 34.6 Å². The van der Waals surface area contributed by atoms with Crippen LogP contribution in [0.3, 0.4) is 0 Å². The number of methoxy groups -OCH3 is 2. The van der Waals surface area contributed by atoms with Gasteiger partial charge in [-0.3, -0.25) is 0 Å². The van der Waals surface area contributed by atoms with Crippen LogP contribution in [0.15, 0.2) is 24.3 Å². The maximum Gasteiger partial charge on any atom is 0.410 e. The summed E-state index contributed by atoms with van der Waals surface area (Å²) in [7, 11) is 2.89. The van der Waals surface area contributed by atoms with Gasteiger partial charge in [0.2, 0.25) is 0 Å². The number of nitrogens with one attached hydrogen (secondary N) is 1. The molecule has 2 heterocycles. The number of alkyl halides is 3. The van der Waals surface area contributed by atoms with Gasteiger partial charge in [0.1, 0.15) is 5.82 Å². The summed E-state index contributed by atoms with van der Waals surface area (Å²) in [6, 6.07) is 3.28. The molecule has 0 aliphatic carbocycles. The summed E-state index contributed by atoms with van der Waals surface area (Å²) in [4.78, 5) is 11.1. The molecule has 1 aliphatic heterocycles. The zero-order chi connectivity index (χ0) is 19.1. The number of carboxylic acid groups (broad SMARTS) is 1. The van der Waals surface area contributed by atoms with Crippen LogP contribution in [0.25, 0.3) is 0 Å². The van der Waals surface area contributed by atoms with E-state index < -0.39 is 29.9 Å².